The molecule has 0 fully saturated rings. The zero-order valence-electron chi connectivity index (χ0n) is 10.9. The molecule has 1 heterocycles. The number of hydrogen-bond acceptors (Lipinski definition) is 3. The van der Waals surface area contributed by atoms with Crippen molar-refractivity contribution in [1.82, 2.24) is 4.90 Å². The van der Waals surface area contributed by atoms with E-state index >= 15 is 0 Å². The average Bonchev–Trinajstić information content (AvgIpc) is 2.56. The minimum absolute atomic E-state index is 0.0225. The minimum atomic E-state index is -4.30. The molecule has 0 aliphatic rings. The van der Waals surface area contributed by atoms with Crippen LogP contribution in [0.3, 0.4) is 0 Å². The summed E-state index contributed by atoms with van der Waals surface area (Å²) in [5.41, 5.74) is -0.0225. The van der Waals surface area contributed by atoms with E-state index in [0.717, 1.165) is 0 Å². The fourth-order valence-electron chi connectivity index (χ4n) is 1.69. The van der Waals surface area contributed by atoms with Crippen molar-refractivity contribution in [2.75, 3.05) is 6.54 Å². The van der Waals surface area contributed by atoms with Gasteiger partial charge < -0.3 is 9.52 Å². The van der Waals surface area contributed by atoms with Gasteiger partial charge in [-0.1, -0.05) is 0 Å². The highest BCUT2D eigenvalue weighted by Crippen LogP contribution is 2.22. The maximum atomic E-state index is 12.4. The van der Waals surface area contributed by atoms with Gasteiger partial charge in [-0.3, -0.25) is 4.90 Å². The first-order valence-electron chi connectivity index (χ1n) is 5.73. The van der Waals surface area contributed by atoms with E-state index in [1.165, 1.54) is 17.9 Å². The summed E-state index contributed by atoms with van der Waals surface area (Å²) >= 11 is 0. The number of halogens is 3. The topological polar surface area (TPSA) is 53.7 Å². The van der Waals surface area contributed by atoms with Gasteiger partial charge in [-0.15, -0.1) is 0 Å². The van der Waals surface area contributed by atoms with Crippen LogP contribution in [0.2, 0.25) is 0 Å². The zero-order chi connectivity index (χ0) is 14.8. The molecule has 0 saturated heterocycles. The molecular formula is C12H16F3NO3. The third-order valence-corrected chi connectivity index (χ3v) is 2.67. The van der Waals surface area contributed by atoms with Crippen LogP contribution in [-0.4, -0.2) is 34.7 Å². The molecule has 0 aliphatic carbocycles. The number of rotatable bonds is 5. The van der Waals surface area contributed by atoms with Crippen LogP contribution in [-0.2, 0) is 6.54 Å². The molecule has 0 aromatic carbocycles. The predicted molar refractivity (Wildman–Crippen MR) is 62.0 cm³/mol. The van der Waals surface area contributed by atoms with Gasteiger partial charge >= 0.3 is 12.1 Å². The van der Waals surface area contributed by atoms with Crippen LogP contribution in [0.4, 0.5) is 13.2 Å². The summed E-state index contributed by atoms with van der Waals surface area (Å²) in [5.74, 6) is -0.745. The maximum Gasteiger partial charge on any atom is 0.401 e. The van der Waals surface area contributed by atoms with Gasteiger partial charge in [-0.2, -0.15) is 13.2 Å². The van der Waals surface area contributed by atoms with Crippen molar-refractivity contribution in [2.45, 2.75) is 39.5 Å². The molecule has 1 aromatic rings. The van der Waals surface area contributed by atoms with E-state index in [2.05, 4.69) is 0 Å². The number of furan rings is 1. The number of alkyl halides is 3. The van der Waals surface area contributed by atoms with Crippen molar-refractivity contribution < 1.29 is 27.5 Å². The van der Waals surface area contributed by atoms with Crippen LogP contribution in [0.1, 0.15) is 35.7 Å². The molecule has 7 heteroatoms. The molecule has 19 heavy (non-hydrogen) atoms. The van der Waals surface area contributed by atoms with Crippen LogP contribution in [0.5, 0.6) is 0 Å². The molecule has 0 aliphatic heterocycles. The van der Waals surface area contributed by atoms with Gasteiger partial charge in [0.05, 0.1) is 13.1 Å². The Labute approximate surface area is 108 Å². The van der Waals surface area contributed by atoms with Crippen LogP contribution in [0.15, 0.2) is 10.5 Å². The summed E-state index contributed by atoms with van der Waals surface area (Å²) in [7, 11) is 0. The highest BCUT2D eigenvalue weighted by molar-refractivity contribution is 5.88. The van der Waals surface area contributed by atoms with Crippen LogP contribution in [0, 0.1) is 6.92 Å². The first-order chi connectivity index (χ1) is 8.60. The summed E-state index contributed by atoms with van der Waals surface area (Å²) in [4.78, 5) is 12.0. The summed E-state index contributed by atoms with van der Waals surface area (Å²) < 4.78 is 42.4. The van der Waals surface area contributed by atoms with Crippen LogP contribution < -0.4 is 0 Å². The van der Waals surface area contributed by atoms with Gasteiger partial charge in [0.15, 0.2) is 0 Å². The molecule has 0 unspecified atom stereocenters. The SMILES string of the molecule is Cc1oc(CN(CC(F)(F)F)C(C)C)cc1C(=O)O. The maximum absolute atomic E-state index is 12.4. The standard InChI is InChI=1S/C12H16F3NO3/c1-7(2)16(6-12(13,14)15)5-9-4-10(11(17)18)8(3)19-9/h4,7H,5-6H2,1-3H3,(H,17,18). The van der Waals surface area contributed by atoms with Crippen LogP contribution in [0.25, 0.3) is 0 Å². The Hall–Kier alpha value is -1.50. The third-order valence-electron chi connectivity index (χ3n) is 2.67. The Morgan fingerprint density at radius 1 is 1.47 bits per heavy atom. The summed E-state index contributed by atoms with van der Waals surface area (Å²) in [5, 5.41) is 8.86. The largest absolute Gasteiger partial charge is 0.478 e. The third kappa shape index (κ3) is 4.59. The van der Waals surface area contributed by atoms with E-state index < -0.39 is 18.7 Å². The second-order valence-corrected chi connectivity index (χ2v) is 4.60. The molecular weight excluding hydrogens is 263 g/mol. The van der Waals surface area contributed by atoms with Crippen molar-refractivity contribution in [2.24, 2.45) is 0 Å². The van der Waals surface area contributed by atoms with Gasteiger partial charge in [-0.25, -0.2) is 4.79 Å². The van der Waals surface area contributed by atoms with E-state index in [0.29, 0.717) is 0 Å². The van der Waals surface area contributed by atoms with E-state index in [4.69, 9.17) is 9.52 Å². The Morgan fingerprint density at radius 2 is 2.05 bits per heavy atom. The first kappa shape index (κ1) is 15.6. The molecule has 0 atom stereocenters. The van der Waals surface area contributed by atoms with Gasteiger partial charge in [0.2, 0.25) is 0 Å². The summed E-state index contributed by atoms with van der Waals surface area (Å²) in [6.45, 7) is 3.60. The van der Waals surface area contributed by atoms with Crippen molar-refractivity contribution in [3.8, 4) is 0 Å². The fourth-order valence-corrected chi connectivity index (χ4v) is 1.69. The molecule has 0 bridgehead atoms. The molecule has 0 radical (unpaired) electrons. The van der Waals surface area contributed by atoms with Gasteiger partial charge in [-0.05, 0) is 26.8 Å². The lowest BCUT2D eigenvalue weighted by atomic mass is 10.2. The number of nitrogens with zero attached hydrogens (tertiary/aromatic N) is 1. The number of carbonyl (C=O) groups is 1. The van der Waals surface area contributed by atoms with E-state index in [9.17, 15) is 18.0 Å². The molecule has 0 saturated carbocycles. The quantitative estimate of drug-likeness (QED) is 0.900. The van der Waals surface area contributed by atoms with Gasteiger partial charge in [0, 0.05) is 6.04 Å². The first-order valence-corrected chi connectivity index (χ1v) is 5.73. The normalized spacial score (nSPS) is 12.4. The van der Waals surface area contributed by atoms with E-state index in [1.54, 1.807) is 13.8 Å². The molecule has 4 nitrogen and oxygen atoms in total. The number of carboxylic acids is 1. The minimum Gasteiger partial charge on any atom is -0.478 e. The Kier molecular flexibility index (Phi) is 4.62. The lowest BCUT2D eigenvalue weighted by Crippen LogP contribution is -2.38. The Morgan fingerprint density at radius 3 is 2.42 bits per heavy atom. The van der Waals surface area contributed by atoms with Gasteiger partial charge in [0.25, 0.3) is 0 Å². The van der Waals surface area contributed by atoms with Crippen molar-refractivity contribution in [3.05, 3.63) is 23.2 Å². The van der Waals surface area contributed by atoms with Gasteiger partial charge in [0.1, 0.15) is 17.1 Å². The average molecular weight is 279 g/mol. The zero-order valence-corrected chi connectivity index (χ0v) is 10.9. The van der Waals surface area contributed by atoms with Crippen LogP contribution >= 0.6 is 0 Å². The summed E-state index contributed by atoms with van der Waals surface area (Å²) in [6.07, 6.45) is -4.30. The number of aromatic carboxylic acids is 1. The lowest BCUT2D eigenvalue weighted by molar-refractivity contribution is -0.151. The van der Waals surface area contributed by atoms with Crippen molar-refractivity contribution in [3.63, 3.8) is 0 Å². The highest BCUT2D eigenvalue weighted by Gasteiger charge is 2.32. The highest BCUT2D eigenvalue weighted by atomic mass is 19.4. The molecule has 0 spiro atoms. The molecule has 1 rings (SSSR count). The lowest BCUT2D eigenvalue weighted by Gasteiger charge is -2.26. The monoisotopic (exact) mass is 279 g/mol. The molecule has 1 N–H and O–H groups in total. The fraction of sp³-hybridized carbons (Fsp3) is 0.583. The smallest absolute Gasteiger partial charge is 0.401 e. The predicted octanol–water partition coefficient (Wildman–Crippen LogP) is 3.06. The second kappa shape index (κ2) is 5.64. The number of carboxylic acid groups (broad SMARTS) is 1. The Balaban J connectivity index is 2.85. The molecule has 0 amide bonds. The second-order valence-electron chi connectivity index (χ2n) is 4.60. The van der Waals surface area contributed by atoms with E-state index in [1.807, 2.05) is 0 Å². The van der Waals surface area contributed by atoms with E-state index in [-0.39, 0.29) is 29.7 Å². The molecule has 108 valence electrons. The summed E-state index contributed by atoms with van der Waals surface area (Å²) in [6, 6.07) is 0.934. The van der Waals surface area contributed by atoms with Crippen molar-refractivity contribution >= 4 is 5.97 Å². The number of hydrogen-bond donors (Lipinski definition) is 1. The number of aryl methyl sites for hydroxylation is 1. The van der Waals surface area contributed by atoms with Crippen molar-refractivity contribution in [1.29, 1.82) is 0 Å². The Bertz CT molecular complexity index is 452. The molecule has 1 aromatic heterocycles.